The van der Waals surface area contributed by atoms with Gasteiger partial charge in [0.25, 0.3) is 0 Å². The van der Waals surface area contributed by atoms with Crippen molar-refractivity contribution in [3.05, 3.63) is 6.33 Å². The van der Waals surface area contributed by atoms with Gasteiger partial charge < -0.3 is 28.3 Å². The van der Waals surface area contributed by atoms with E-state index in [2.05, 4.69) is 56.5 Å². The van der Waals surface area contributed by atoms with Crippen LogP contribution >= 0.6 is 0 Å². The normalized spacial score (nSPS) is 31.2. The van der Waals surface area contributed by atoms with Crippen molar-refractivity contribution in [2.24, 2.45) is 0 Å². The average molecular weight is 527 g/mol. The fourth-order valence-corrected chi connectivity index (χ4v) is 13.8. The zero-order valence-electron chi connectivity index (χ0n) is 22.2. The summed E-state index contributed by atoms with van der Waals surface area (Å²) >= 11 is 0. The predicted octanol–water partition coefficient (Wildman–Crippen LogP) is 3.42. The van der Waals surface area contributed by atoms with Crippen LogP contribution in [-0.4, -0.2) is 75.9 Å². The number of rotatable bonds is 5. The van der Waals surface area contributed by atoms with Gasteiger partial charge >= 0.3 is 17.8 Å². The minimum Gasteiger partial charge on any atom is -0.416 e. The van der Waals surface area contributed by atoms with E-state index < -0.39 is 41.9 Å². The molecule has 35 heavy (non-hydrogen) atoms. The molecule has 0 aliphatic carbocycles. The standard InChI is InChI=1S/C22H39FN6O4Si2/c1-12(2)34-32-17-15(10-30-35(33-34,13(3)4)14(5)6)31-20(22(17,7)23)29-11-25-16-18(28(8)9)26-21(24)27-19(16)29/h11-15,17,20,34H,10H2,1-9H3,(H2,24,26,27)/t15-,17-,20-,22-,34?/m1/s1. The summed E-state index contributed by atoms with van der Waals surface area (Å²) in [6, 6.07) is 0. The topological polar surface area (TPSA) is 110 Å². The number of fused-ring (bicyclic) bond motifs is 2. The molecule has 2 aliphatic heterocycles. The van der Waals surface area contributed by atoms with E-state index in [0.717, 1.165) is 0 Å². The molecule has 0 spiro atoms. The van der Waals surface area contributed by atoms with Crippen LogP contribution in [0.25, 0.3) is 11.2 Å². The van der Waals surface area contributed by atoms with E-state index in [0.29, 0.717) is 17.0 Å². The number of imidazole rings is 1. The molecule has 13 heteroatoms. The number of aromatic nitrogens is 4. The highest BCUT2D eigenvalue weighted by Crippen LogP contribution is 2.47. The highest BCUT2D eigenvalue weighted by Gasteiger charge is 2.60. The average Bonchev–Trinajstić information content (AvgIpc) is 3.24. The van der Waals surface area contributed by atoms with Gasteiger partial charge in [0, 0.05) is 14.1 Å². The molecule has 2 aliphatic rings. The zero-order valence-corrected chi connectivity index (χ0v) is 24.3. The monoisotopic (exact) mass is 526 g/mol. The number of anilines is 2. The van der Waals surface area contributed by atoms with Crippen LogP contribution in [-0.2, 0) is 17.7 Å². The van der Waals surface area contributed by atoms with Crippen molar-refractivity contribution in [3.8, 4) is 0 Å². The lowest BCUT2D eigenvalue weighted by molar-refractivity contribution is -0.0584. The van der Waals surface area contributed by atoms with Gasteiger partial charge in [-0.2, -0.15) is 9.97 Å². The minimum absolute atomic E-state index is 0.0810. The Morgan fingerprint density at radius 3 is 2.43 bits per heavy atom. The summed E-state index contributed by atoms with van der Waals surface area (Å²) in [7, 11) is -1.27. The molecular formula is C22H39FN6O4Si2. The molecule has 0 saturated carbocycles. The molecule has 1 unspecified atom stereocenters. The molecule has 0 bridgehead atoms. The van der Waals surface area contributed by atoms with Gasteiger partial charge in [-0.1, -0.05) is 41.5 Å². The summed E-state index contributed by atoms with van der Waals surface area (Å²) < 4.78 is 44.5. The molecule has 2 fully saturated rings. The molecule has 2 aromatic rings. The molecule has 2 aromatic heterocycles. The van der Waals surface area contributed by atoms with Crippen molar-refractivity contribution in [2.45, 2.75) is 89.2 Å². The van der Waals surface area contributed by atoms with Crippen molar-refractivity contribution in [2.75, 3.05) is 31.3 Å². The van der Waals surface area contributed by atoms with Gasteiger partial charge in [0.15, 0.2) is 28.9 Å². The van der Waals surface area contributed by atoms with Gasteiger partial charge in [-0.3, -0.25) is 4.57 Å². The first-order valence-electron chi connectivity index (χ1n) is 12.3. The van der Waals surface area contributed by atoms with E-state index in [1.807, 2.05) is 14.1 Å². The van der Waals surface area contributed by atoms with Gasteiger partial charge in [-0.05, 0) is 23.5 Å². The van der Waals surface area contributed by atoms with Crippen LogP contribution in [0.1, 0.15) is 54.7 Å². The number of halogens is 1. The quantitative estimate of drug-likeness (QED) is 0.586. The summed E-state index contributed by atoms with van der Waals surface area (Å²) in [4.78, 5) is 14.9. The van der Waals surface area contributed by atoms with Gasteiger partial charge in [0.2, 0.25) is 5.95 Å². The van der Waals surface area contributed by atoms with Crippen LogP contribution in [0.2, 0.25) is 16.6 Å². The van der Waals surface area contributed by atoms with Crippen molar-refractivity contribution >= 4 is 40.8 Å². The van der Waals surface area contributed by atoms with E-state index in [4.69, 9.17) is 23.4 Å². The molecule has 10 nitrogen and oxygen atoms in total. The maximum atomic E-state index is 16.7. The lowest BCUT2D eigenvalue weighted by Gasteiger charge is -2.45. The Bertz CT molecular complexity index is 1060. The predicted molar refractivity (Wildman–Crippen MR) is 138 cm³/mol. The molecule has 196 valence electrons. The molecule has 2 N–H and O–H groups in total. The second-order valence-electron chi connectivity index (χ2n) is 10.9. The minimum atomic E-state index is -2.64. The molecule has 2 saturated heterocycles. The van der Waals surface area contributed by atoms with Crippen LogP contribution < -0.4 is 10.6 Å². The van der Waals surface area contributed by atoms with E-state index in [1.54, 1.807) is 9.47 Å². The Hall–Kier alpha value is -1.65. The highest BCUT2D eigenvalue weighted by atomic mass is 28.4. The number of nitrogen functional groups attached to an aromatic ring is 1. The smallest absolute Gasteiger partial charge is 0.334 e. The number of hydrogen-bond acceptors (Lipinski definition) is 9. The second kappa shape index (κ2) is 9.34. The first kappa shape index (κ1) is 26.4. The Balaban J connectivity index is 1.75. The molecule has 5 atom stereocenters. The maximum Gasteiger partial charge on any atom is 0.334 e. The van der Waals surface area contributed by atoms with E-state index in [9.17, 15) is 0 Å². The molecule has 0 radical (unpaired) electrons. The van der Waals surface area contributed by atoms with Gasteiger partial charge in [-0.25, -0.2) is 9.37 Å². The largest absolute Gasteiger partial charge is 0.416 e. The van der Waals surface area contributed by atoms with E-state index in [1.165, 1.54) is 13.3 Å². The highest BCUT2D eigenvalue weighted by molar-refractivity contribution is 6.76. The summed E-state index contributed by atoms with van der Waals surface area (Å²) in [5.74, 6) is 0.637. The SMILES string of the molecule is CC(C)[SiH]1O[C@@H]2[C@@H](CO[Si](C(C)C)(C(C)C)O1)O[C@@H](n1cnc3c(N(C)C)nc(N)nc31)[C@]2(C)F. The number of alkyl halides is 1. The number of hydrogen-bond donors (Lipinski definition) is 1. The maximum absolute atomic E-state index is 16.7. The van der Waals surface area contributed by atoms with Gasteiger partial charge in [0.1, 0.15) is 12.2 Å². The summed E-state index contributed by atoms with van der Waals surface area (Å²) in [5, 5.41) is 0. The van der Waals surface area contributed by atoms with Crippen molar-refractivity contribution < 1.29 is 22.1 Å². The molecule has 0 amide bonds. The summed E-state index contributed by atoms with van der Waals surface area (Å²) in [6.45, 7) is 14.4. The Morgan fingerprint density at radius 1 is 1.20 bits per heavy atom. The molecular weight excluding hydrogens is 487 g/mol. The lowest BCUT2D eigenvalue weighted by Crippen LogP contribution is -2.59. The van der Waals surface area contributed by atoms with Crippen LogP contribution in [0.15, 0.2) is 6.33 Å². The number of ether oxygens (including phenoxy) is 1. The van der Waals surface area contributed by atoms with Crippen LogP contribution in [0.4, 0.5) is 16.2 Å². The first-order chi connectivity index (χ1) is 16.3. The second-order valence-corrected chi connectivity index (χ2v) is 18.3. The summed E-state index contributed by atoms with van der Waals surface area (Å²) in [6.07, 6.45) is -0.932. The lowest BCUT2D eigenvalue weighted by atomic mass is 9.98. The third-order valence-corrected chi connectivity index (χ3v) is 14.9. The third-order valence-electron chi connectivity index (χ3n) is 6.99. The molecule has 0 aromatic carbocycles. The van der Waals surface area contributed by atoms with Crippen molar-refractivity contribution in [1.82, 2.24) is 19.5 Å². The van der Waals surface area contributed by atoms with Crippen LogP contribution in [0.3, 0.4) is 0 Å². The van der Waals surface area contributed by atoms with Crippen LogP contribution in [0.5, 0.6) is 0 Å². The molecule has 4 heterocycles. The Labute approximate surface area is 209 Å². The Morgan fingerprint density at radius 2 is 1.86 bits per heavy atom. The fourth-order valence-electron chi connectivity index (χ4n) is 5.13. The Kier molecular flexibility index (Phi) is 7.05. The van der Waals surface area contributed by atoms with E-state index in [-0.39, 0.29) is 29.2 Å². The zero-order chi connectivity index (χ0) is 25.9. The molecule has 4 rings (SSSR count). The van der Waals surface area contributed by atoms with Gasteiger partial charge in [-0.15, -0.1) is 0 Å². The van der Waals surface area contributed by atoms with Crippen molar-refractivity contribution in [1.29, 1.82) is 0 Å². The first-order valence-corrected chi connectivity index (χ1v) is 15.9. The number of nitrogens with two attached hydrogens (primary N) is 1. The summed E-state index contributed by atoms with van der Waals surface area (Å²) in [5.41, 5.74) is 5.59. The number of nitrogens with zero attached hydrogens (tertiary/aromatic N) is 5. The fraction of sp³-hybridized carbons (Fsp3) is 0.773. The van der Waals surface area contributed by atoms with Gasteiger partial charge in [0.05, 0.1) is 12.9 Å². The van der Waals surface area contributed by atoms with E-state index >= 15 is 4.39 Å². The third kappa shape index (κ3) is 4.40. The van der Waals surface area contributed by atoms with Crippen LogP contribution in [0, 0.1) is 0 Å². The van der Waals surface area contributed by atoms with Crippen molar-refractivity contribution in [3.63, 3.8) is 0 Å².